The van der Waals surface area contributed by atoms with E-state index >= 15 is 0 Å². The third-order valence-corrected chi connectivity index (χ3v) is 6.12. The van der Waals surface area contributed by atoms with Gasteiger partial charge in [0.25, 0.3) is 0 Å². The summed E-state index contributed by atoms with van der Waals surface area (Å²) in [6.07, 6.45) is 2.65. The molecular formula is C19H24O4. The molecule has 4 heteroatoms. The summed E-state index contributed by atoms with van der Waals surface area (Å²) < 4.78 is 10.2. The number of hydrogen-bond donors (Lipinski definition) is 0. The number of fused-ring (bicyclic) bond motifs is 3. The molecule has 3 rings (SSSR count). The van der Waals surface area contributed by atoms with Crippen molar-refractivity contribution in [3.8, 4) is 0 Å². The molecule has 4 atom stereocenters. The summed E-state index contributed by atoms with van der Waals surface area (Å²) in [4.78, 5) is 25.2. The zero-order chi connectivity index (χ0) is 16.8. The van der Waals surface area contributed by atoms with Crippen molar-refractivity contribution in [2.75, 3.05) is 14.2 Å². The van der Waals surface area contributed by atoms with Crippen LogP contribution < -0.4 is 0 Å². The molecule has 4 nitrogen and oxygen atoms in total. The first-order chi connectivity index (χ1) is 10.9. The van der Waals surface area contributed by atoms with Crippen molar-refractivity contribution < 1.29 is 19.1 Å². The highest BCUT2D eigenvalue weighted by Crippen LogP contribution is 2.63. The van der Waals surface area contributed by atoms with Crippen LogP contribution in [0.15, 0.2) is 24.3 Å². The number of esters is 2. The normalized spacial score (nSPS) is 35.1. The summed E-state index contributed by atoms with van der Waals surface area (Å²) in [6, 6.07) is 8.04. The molecule has 0 radical (unpaired) electrons. The van der Waals surface area contributed by atoms with Crippen molar-refractivity contribution in [1.82, 2.24) is 0 Å². The summed E-state index contributed by atoms with van der Waals surface area (Å²) in [5, 5.41) is 0. The van der Waals surface area contributed by atoms with Crippen molar-refractivity contribution in [3.63, 3.8) is 0 Å². The minimum atomic E-state index is -0.681. The van der Waals surface area contributed by atoms with Gasteiger partial charge in [-0.25, -0.2) is 0 Å². The van der Waals surface area contributed by atoms with Crippen LogP contribution in [0.5, 0.6) is 0 Å². The number of hydrogen-bond acceptors (Lipinski definition) is 4. The molecule has 4 unspecified atom stereocenters. The summed E-state index contributed by atoms with van der Waals surface area (Å²) in [7, 11) is 2.84. The Morgan fingerprint density at radius 3 is 2.43 bits per heavy atom. The molecule has 0 spiro atoms. The van der Waals surface area contributed by atoms with Crippen LogP contribution in [0.25, 0.3) is 0 Å². The highest BCUT2D eigenvalue weighted by atomic mass is 16.5. The molecule has 2 aliphatic carbocycles. The first kappa shape index (κ1) is 16.0. The average molecular weight is 316 g/mol. The van der Waals surface area contributed by atoms with Crippen LogP contribution >= 0.6 is 0 Å². The van der Waals surface area contributed by atoms with Gasteiger partial charge in [0.1, 0.15) is 0 Å². The molecule has 23 heavy (non-hydrogen) atoms. The van der Waals surface area contributed by atoms with E-state index in [2.05, 4.69) is 13.0 Å². The Bertz CT molecular complexity index is 653. The van der Waals surface area contributed by atoms with Gasteiger partial charge in [-0.05, 0) is 36.3 Å². The highest BCUT2D eigenvalue weighted by Gasteiger charge is 2.63. The molecule has 2 aliphatic rings. The largest absolute Gasteiger partial charge is 0.469 e. The van der Waals surface area contributed by atoms with Crippen LogP contribution in [0, 0.1) is 11.3 Å². The van der Waals surface area contributed by atoms with Crippen molar-refractivity contribution in [1.29, 1.82) is 0 Å². The van der Waals surface area contributed by atoms with E-state index < -0.39 is 11.3 Å². The van der Waals surface area contributed by atoms with Crippen LogP contribution in [-0.4, -0.2) is 26.2 Å². The Labute approximate surface area is 137 Å². The van der Waals surface area contributed by atoms with Gasteiger partial charge in [-0.1, -0.05) is 37.6 Å². The summed E-state index contributed by atoms with van der Waals surface area (Å²) in [6.45, 7) is 4.13. The second kappa shape index (κ2) is 5.36. The van der Waals surface area contributed by atoms with Gasteiger partial charge in [-0.3, -0.25) is 9.59 Å². The van der Waals surface area contributed by atoms with E-state index in [1.54, 1.807) is 0 Å². The molecule has 124 valence electrons. The number of methoxy groups -OCH3 is 2. The summed E-state index contributed by atoms with van der Waals surface area (Å²) in [5.74, 6) is -1.04. The smallest absolute Gasteiger partial charge is 0.313 e. The highest BCUT2D eigenvalue weighted by molar-refractivity contribution is 5.85. The maximum Gasteiger partial charge on any atom is 0.313 e. The van der Waals surface area contributed by atoms with Gasteiger partial charge in [-0.2, -0.15) is 0 Å². The molecule has 1 aromatic rings. The molecular weight excluding hydrogens is 292 g/mol. The zero-order valence-corrected chi connectivity index (χ0v) is 14.2. The van der Waals surface area contributed by atoms with Crippen LogP contribution in [0.3, 0.4) is 0 Å². The van der Waals surface area contributed by atoms with E-state index in [0.29, 0.717) is 0 Å². The topological polar surface area (TPSA) is 52.6 Å². The molecule has 1 fully saturated rings. The monoisotopic (exact) mass is 316 g/mol. The lowest BCUT2D eigenvalue weighted by molar-refractivity contribution is -0.164. The fourth-order valence-electron chi connectivity index (χ4n) is 5.19. The summed E-state index contributed by atoms with van der Waals surface area (Å²) >= 11 is 0. The van der Waals surface area contributed by atoms with E-state index in [1.165, 1.54) is 19.8 Å². The predicted octanol–water partition coefficient (Wildman–Crippen LogP) is 3.19. The molecule has 0 N–H and O–H groups in total. The lowest BCUT2D eigenvalue weighted by Gasteiger charge is -2.48. The molecule has 1 saturated carbocycles. The lowest BCUT2D eigenvalue weighted by Crippen LogP contribution is -2.51. The molecule has 0 saturated heterocycles. The quantitative estimate of drug-likeness (QED) is 0.786. The van der Waals surface area contributed by atoms with E-state index in [0.717, 1.165) is 24.8 Å². The molecule has 0 aromatic heterocycles. The second-order valence-electron chi connectivity index (χ2n) is 7.25. The Kier molecular flexibility index (Phi) is 3.74. The van der Waals surface area contributed by atoms with Crippen molar-refractivity contribution >= 4 is 11.9 Å². The number of benzene rings is 1. The van der Waals surface area contributed by atoms with Gasteiger partial charge in [-0.15, -0.1) is 0 Å². The fourth-order valence-corrected chi connectivity index (χ4v) is 5.19. The van der Waals surface area contributed by atoms with Crippen molar-refractivity contribution in [3.05, 3.63) is 35.4 Å². The fraction of sp³-hybridized carbons (Fsp3) is 0.579. The van der Waals surface area contributed by atoms with E-state index in [-0.39, 0.29) is 23.3 Å². The minimum Gasteiger partial charge on any atom is -0.469 e. The molecule has 0 heterocycles. The Morgan fingerprint density at radius 2 is 1.78 bits per heavy atom. The molecule has 0 bridgehead atoms. The maximum atomic E-state index is 12.6. The third kappa shape index (κ3) is 2.03. The zero-order valence-electron chi connectivity index (χ0n) is 14.2. The second-order valence-corrected chi connectivity index (χ2v) is 7.25. The van der Waals surface area contributed by atoms with Crippen molar-refractivity contribution in [2.45, 2.75) is 44.4 Å². The standard InChI is InChI=1S/C19H24O4/c1-18-10-7-11-19(2,17(21)23-4)15(18)14(16(20)22-3)12-8-5-6-9-13(12)18/h5-6,8-9,14-15H,7,10-11H2,1-4H3. The SMILES string of the molecule is COC(=O)C1c2ccccc2C2(C)CCCC(C)(C(=O)OC)C12. The van der Waals surface area contributed by atoms with E-state index in [4.69, 9.17) is 9.47 Å². The summed E-state index contributed by atoms with van der Waals surface area (Å²) in [5.41, 5.74) is 1.29. The third-order valence-electron chi connectivity index (χ3n) is 6.12. The van der Waals surface area contributed by atoms with Gasteiger partial charge >= 0.3 is 11.9 Å². The maximum absolute atomic E-state index is 12.6. The van der Waals surface area contributed by atoms with E-state index in [1.807, 2.05) is 25.1 Å². The molecule has 0 amide bonds. The molecule has 1 aromatic carbocycles. The van der Waals surface area contributed by atoms with Gasteiger partial charge < -0.3 is 9.47 Å². The Hall–Kier alpha value is -1.84. The van der Waals surface area contributed by atoms with E-state index in [9.17, 15) is 9.59 Å². The predicted molar refractivity (Wildman–Crippen MR) is 86.0 cm³/mol. The van der Waals surface area contributed by atoms with Gasteiger partial charge in [0.05, 0.1) is 25.6 Å². The Morgan fingerprint density at radius 1 is 1.09 bits per heavy atom. The Balaban J connectivity index is 2.22. The minimum absolute atomic E-state index is 0.138. The average Bonchev–Trinajstić information content (AvgIpc) is 2.84. The molecule has 0 aliphatic heterocycles. The van der Waals surface area contributed by atoms with Crippen molar-refractivity contribution in [2.24, 2.45) is 11.3 Å². The number of rotatable bonds is 2. The number of carbonyl (C=O) groups is 2. The van der Waals surface area contributed by atoms with Crippen LogP contribution in [0.1, 0.15) is 50.2 Å². The van der Waals surface area contributed by atoms with Gasteiger partial charge in [0.15, 0.2) is 0 Å². The van der Waals surface area contributed by atoms with Crippen LogP contribution in [0.2, 0.25) is 0 Å². The van der Waals surface area contributed by atoms with Gasteiger partial charge in [0, 0.05) is 5.92 Å². The number of carbonyl (C=O) groups excluding carboxylic acids is 2. The lowest BCUT2D eigenvalue weighted by atomic mass is 9.54. The van der Waals surface area contributed by atoms with Crippen LogP contribution in [0.4, 0.5) is 0 Å². The van der Waals surface area contributed by atoms with Gasteiger partial charge in [0.2, 0.25) is 0 Å². The first-order valence-corrected chi connectivity index (χ1v) is 8.16. The van der Waals surface area contributed by atoms with Crippen LogP contribution in [-0.2, 0) is 24.5 Å². The first-order valence-electron chi connectivity index (χ1n) is 8.16. The number of ether oxygens (including phenoxy) is 2.